The zero-order valence-corrected chi connectivity index (χ0v) is 19.8. The van der Waals surface area contributed by atoms with Crippen LogP contribution in [0.1, 0.15) is 5.56 Å². The van der Waals surface area contributed by atoms with Crippen molar-refractivity contribution in [1.29, 1.82) is 0 Å². The van der Waals surface area contributed by atoms with Crippen molar-refractivity contribution in [2.24, 2.45) is 11.8 Å². The molecule has 0 saturated carbocycles. The summed E-state index contributed by atoms with van der Waals surface area (Å²) >= 11 is 0. The number of esters is 1. The van der Waals surface area contributed by atoms with Gasteiger partial charge in [-0.2, -0.15) is 0 Å². The molecule has 1 saturated heterocycles. The van der Waals surface area contributed by atoms with Crippen LogP contribution in [0.5, 0.6) is 5.75 Å². The lowest BCUT2D eigenvalue weighted by atomic mass is 9.79. The number of ether oxygens (including phenoxy) is 4. The quantitative estimate of drug-likeness (QED) is 0.116. The highest BCUT2D eigenvalue weighted by Gasteiger charge is 2.56. The lowest BCUT2D eigenvalue weighted by molar-refractivity contribution is -0.346. The molecule has 0 unspecified atom stereocenters. The maximum absolute atomic E-state index is 12.3. The number of aromatic hydroxyl groups is 1. The van der Waals surface area contributed by atoms with E-state index in [0.29, 0.717) is 5.56 Å². The molecule has 0 radical (unpaired) electrons. The Morgan fingerprint density at radius 2 is 1.76 bits per heavy atom. The largest absolute Gasteiger partial charge is 0.508 e. The molecule has 0 amide bonds. The van der Waals surface area contributed by atoms with Crippen molar-refractivity contribution in [3.05, 3.63) is 59.9 Å². The van der Waals surface area contributed by atoms with Crippen molar-refractivity contribution in [2.75, 3.05) is 13.2 Å². The minimum absolute atomic E-state index is 0.0551. The molecule has 4 rings (SSSR count). The molecule has 13 nitrogen and oxygen atoms in total. The van der Waals surface area contributed by atoms with Gasteiger partial charge in [0.2, 0.25) is 6.29 Å². The van der Waals surface area contributed by atoms with Crippen LogP contribution in [0.4, 0.5) is 0 Å². The van der Waals surface area contributed by atoms with Gasteiger partial charge in [0.05, 0.1) is 24.4 Å². The van der Waals surface area contributed by atoms with Crippen molar-refractivity contribution < 1.29 is 64.3 Å². The second-order valence-corrected chi connectivity index (χ2v) is 9.15. The second-order valence-electron chi connectivity index (χ2n) is 9.15. The van der Waals surface area contributed by atoms with Gasteiger partial charge in [0.1, 0.15) is 42.4 Å². The molecule has 1 fully saturated rings. The molecular formula is C25H28O13. The molecule has 1 aromatic rings. The molecule has 7 N–H and O–H groups in total. The van der Waals surface area contributed by atoms with Gasteiger partial charge in [0.15, 0.2) is 6.29 Å². The van der Waals surface area contributed by atoms with E-state index in [1.54, 1.807) is 12.1 Å². The summed E-state index contributed by atoms with van der Waals surface area (Å²) in [5.74, 6) is -4.23. The Hall–Kier alpha value is -3.30. The highest BCUT2D eigenvalue weighted by molar-refractivity contribution is 5.88. The van der Waals surface area contributed by atoms with E-state index in [1.165, 1.54) is 30.4 Å². The van der Waals surface area contributed by atoms with Crippen molar-refractivity contribution in [3.8, 4) is 5.75 Å². The van der Waals surface area contributed by atoms with E-state index in [4.69, 9.17) is 18.9 Å². The fourth-order valence-electron chi connectivity index (χ4n) is 4.57. The van der Waals surface area contributed by atoms with Crippen LogP contribution in [-0.4, -0.2) is 103 Å². The van der Waals surface area contributed by atoms with E-state index < -0.39 is 79.6 Å². The molecule has 38 heavy (non-hydrogen) atoms. The lowest BCUT2D eigenvalue weighted by Gasteiger charge is -2.44. The van der Waals surface area contributed by atoms with Gasteiger partial charge in [-0.15, -0.1) is 0 Å². The number of phenols is 1. The monoisotopic (exact) mass is 536 g/mol. The van der Waals surface area contributed by atoms with Gasteiger partial charge in [-0.25, -0.2) is 9.59 Å². The Balaban J connectivity index is 1.50. The second kappa shape index (κ2) is 11.2. The topological polar surface area (TPSA) is 213 Å². The average molecular weight is 536 g/mol. The van der Waals surface area contributed by atoms with E-state index in [-0.39, 0.29) is 11.3 Å². The first-order valence-electron chi connectivity index (χ1n) is 11.6. The van der Waals surface area contributed by atoms with E-state index in [2.05, 4.69) is 0 Å². The Labute approximate surface area is 216 Å². The van der Waals surface area contributed by atoms with E-state index >= 15 is 0 Å². The summed E-state index contributed by atoms with van der Waals surface area (Å²) in [6.07, 6.45) is -3.40. The number of hydrogen-bond acceptors (Lipinski definition) is 12. The minimum Gasteiger partial charge on any atom is -0.508 e. The molecular weight excluding hydrogens is 508 g/mol. The number of carbonyl (C=O) groups is 2. The maximum atomic E-state index is 12.3. The number of benzene rings is 1. The number of carboxylic acids is 1. The van der Waals surface area contributed by atoms with Crippen LogP contribution < -0.4 is 0 Å². The van der Waals surface area contributed by atoms with Crippen molar-refractivity contribution in [3.63, 3.8) is 0 Å². The number of rotatable bonds is 8. The Bertz CT molecular complexity index is 1110. The fourth-order valence-corrected chi connectivity index (χ4v) is 4.57. The average Bonchev–Trinajstić information content (AvgIpc) is 3.25. The molecule has 2 aliphatic heterocycles. The third kappa shape index (κ3) is 5.59. The molecule has 9 atom stereocenters. The minimum atomic E-state index is -1.97. The van der Waals surface area contributed by atoms with Crippen LogP contribution >= 0.6 is 0 Å². The first kappa shape index (κ1) is 27.7. The number of carboxylic acid groups (broad SMARTS) is 1. The number of aliphatic hydroxyl groups is 5. The van der Waals surface area contributed by atoms with Crippen LogP contribution in [0.3, 0.4) is 0 Å². The standard InChI is InChI=1S/C25H28O13/c26-9-16-19(29)20(30)21(31)24(37-16)38-23-18-14(15(10-35-23)22(32)33)7-8-25(18,34)11-36-17(28)6-3-12-1-4-13(27)5-2-12/h1-8,10,14,16,18-21,23-24,26-27,29-31,34H,9,11H2,(H,32,33)/b6-3-/t14-,16-,18-,19-,20+,21-,23+,24+,25+/m1/s1. The number of aliphatic hydroxyl groups excluding tert-OH is 4. The van der Waals surface area contributed by atoms with E-state index in [0.717, 1.165) is 12.3 Å². The SMILES string of the molecule is O=C(/C=C\c1ccc(O)cc1)OC[C@@]1(O)C=C[C@@H]2C(C(=O)O)=CO[C@@H](O[C@@H]3O[C@H](CO)[C@@H](O)[C@H](O)[C@H]3O)[C@@H]21. The van der Waals surface area contributed by atoms with Gasteiger partial charge in [-0.1, -0.05) is 24.3 Å². The van der Waals surface area contributed by atoms with Gasteiger partial charge in [-0.3, -0.25) is 0 Å². The summed E-state index contributed by atoms with van der Waals surface area (Å²) in [6, 6.07) is 6.00. The molecule has 0 aromatic heterocycles. The number of allylic oxidation sites excluding steroid dienone is 1. The normalized spacial score (nSPS) is 36.4. The van der Waals surface area contributed by atoms with Gasteiger partial charge >= 0.3 is 11.9 Å². The Kier molecular flexibility index (Phi) is 8.18. The highest BCUT2D eigenvalue weighted by atomic mass is 16.8. The molecule has 3 aliphatic rings. The van der Waals surface area contributed by atoms with Crippen molar-refractivity contribution in [1.82, 2.24) is 0 Å². The first-order valence-corrected chi connectivity index (χ1v) is 11.6. The van der Waals surface area contributed by atoms with Crippen LogP contribution in [-0.2, 0) is 28.5 Å². The summed E-state index contributed by atoms with van der Waals surface area (Å²) in [7, 11) is 0. The van der Waals surface area contributed by atoms with Gasteiger partial charge in [-0.05, 0) is 23.8 Å². The third-order valence-electron chi connectivity index (χ3n) is 6.65. The van der Waals surface area contributed by atoms with Gasteiger partial charge < -0.3 is 54.7 Å². The maximum Gasteiger partial charge on any atom is 0.335 e. The molecule has 1 aromatic carbocycles. The van der Waals surface area contributed by atoms with E-state index in [9.17, 15) is 45.3 Å². The summed E-state index contributed by atoms with van der Waals surface area (Å²) in [5.41, 5.74) is -1.58. The first-order chi connectivity index (χ1) is 18.0. The smallest absolute Gasteiger partial charge is 0.335 e. The lowest BCUT2D eigenvalue weighted by Crippen LogP contribution is -2.61. The molecule has 0 bridgehead atoms. The third-order valence-corrected chi connectivity index (χ3v) is 6.65. The Morgan fingerprint density at radius 1 is 1.05 bits per heavy atom. The number of aliphatic carboxylic acids is 1. The summed E-state index contributed by atoms with van der Waals surface area (Å²) in [4.78, 5) is 24.1. The highest BCUT2D eigenvalue weighted by Crippen LogP contribution is 2.45. The molecule has 2 heterocycles. The summed E-state index contributed by atoms with van der Waals surface area (Å²) in [6.45, 7) is -1.32. The van der Waals surface area contributed by atoms with E-state index in [1.807, 2.05) is 0 Å². The van der Waals surface area contributed by atoms with Crippen LogP contribution in [0, 0.1) is 11.8 Å². The zero-order valence-electron chi connectivity index (χ0n) is 19.8. The van der Waals surface area contributed by atoms with Crippen LogP contribution in [0.2, 0.25) is 0 Å². The number of phenolic OH excluding ortho intramolecular Hbond substituents is 1. The summed E-state index contributed by atoms with van der Waals surface area (Å²) in [5, 5.41) is 70.1. The van der Waals surface area contributed by atoms with Crippen LogP contribution in [0.25, 0.3) is 6.08 Å². The predicted molar refractivity (Wildman–Crippen MR) is 125 cm³/mol. The Morgan fingerprint density at radius 3 is 2.42 bits per heavy atom. The fraction of sp³-hybridized carbons (Fsp3) is 0.440. The zero-order chi connectivity index (χ0) is 27.6. The van der Waals surface area contributed by atoms with Crippen LogP contribution in [0.15, 0.2) is 54.3 Å². The molecule has 0 spiro atoms. The number of hydrogen-bond donors (Lipinski definition) is 7. The van der Waals surface area contributed by atoms with Crippen molar-refractivity contribution in [2.45, 2.75) is 42.6 Å². The number of carbonyl (C=O) groups excluding carboxylic acids is 1. The van der Waals surface area contributed by atoms with Gasteiger partial charge in [0.25, 0.3) is 0 Å². The van der Waals surface area contributed by atoms with Gasteiger partial charge in [0, 0.05) is 12.0 Å². The molecule has 1 aliphatic carbocycles. The summed E-state index contributed by atoms with van der Waals surface area (Å²) < 4.78 is 21.6. The predicted octanol–water partition coefficient (Wildman–Crippen LogP) is -1.38. The number of fused-ring (bicyclic) bond motifs is 1. The molecule has 13 heteroatoms. The van der Waals surface area contributed by atoms with Crippen molar-refractivity contribution >= 4 is 18.0 Å². The molecule has 206 valence electrons.